The lowest BCUT2D eigenvalue weighted by Gasteiger charge is -2.18. The maximum Gasteiger partial charge on any atom is 0.335 e. The standard InChI is InChI=1S/C20H20N6O4/c1-25-9-15(8-22-25)18-23-16(19(28)21-4-5-27)7-17(24-18)26-10-13-3-2-12(20(29)30)6-14(13)11-26/h2-3,6-9,27H,4-5,10-11H2,1H3,(H,21,28)(H,29,30). The first kappa shape index (κ1) is 19.5. The first-order chi connectivity index (χ1) is 14.4. The molecule has 4 rings (SSSR count). The molecule has 0 saturated heterocycles. The van der Waals surface area contributed by atoms with Crippen molar-refractivity contribution in [2.24, 2.45) is 7.05 Å². The number of aliphatic hydroxyl groups is 1. The Balaban J connectivity index is 1.70. The molecule has 1 aliphatic heterocycles. The molecule has 154 valence electrons. The van der Waals surface area contributed by atoms with Gasteiger partial charge in [0, 0.05) is 38.9 Å². The number of carbonyl (C=O) groups excluding carboxylic acids is 1. The predicted octanol–water partition coefficient (Wildman–Crippen LogP) is 0.818. The summed E-state index contributed by atoms with van der Waals surface area (Å²) in [4.78, 5) is 34.7. The molecule has 0 saturated carbocycles. The average molecular weight is 408 g/mol. The second-order valence-electron chi connectivity index (χ2n) is 6.96. The number of carboxylic acids is 1. The van der Waals surface area contributed by atoms with Gasteiger partial charge in [-0.1, -0.05) is 6.07 Å². The molecular formula is C20H20N6O4. The molecular weight excluding hydrogens is 388 g/mol. The molecule has 0 fully saturated rings. The third-order valence-electron chi connectivity index (χ3n) is 4.81. The zero-order chi connectivity index (χ0) is 21.3. The van der Waals surface area contributed by atoms with Crippen molar-refractivity contribution in [3.05, 3.63) is 59.0 Å². The van der Waals surface area contributed by atoms with Gasteiger partial charge in [0.25, 0.3) is 5.91 Å². The van der Waals surface area contributed by atoms with Crippen LogP contribution in [0.4, 0.5) is 5.82 Å². The molecule has 0 radical (unpaired) electrons. The fourth-order valence-corrected chi connectivity index (χ4v) is 3.33. The molecule has 1 aliphatic rings. The zero-order valence-electron chi connectivity index (χ0n) is 16.2. The van der Waals surface area contributed by atoms with E-state index in [1.807, 2.05) is 4.90 Å². The minimum atomic E-state index is -0.972. The molecule has 3 N–H and O–H groups in total. The largest absolute Gasteiger partial charge is 0.478 e. The Labute approximate surface area is 171 Å². The summed E-state index contributed by atoms with van der Waals surface area (Å²) in [5.74, 6) is -0.481. The molecule has 10 nitrogen and oxygen atoms in total. The van der Waals surface area contributed by atoms with Crippen molar-refractivity contribution < 1.29 is 19.8 Å². The number of hydrogen-bond acceptors (Lipinski definition) is 7. The number of benzene rings is 1. The molecule has 0 spiro atoms. The summed E-state index contributed by atoms with van der Waals surface area (Å²) in [6.45, 7) is 0.952. The van der Waals surface area contributed by atoms with E-state index in [0.717, 1.165) is 11.1 Å². The summed E-state index contributed by atoms with van der Waals surface area (Å²) < 4.78 is 1.62. The summed E-state index contributed by atoms with van der Waals surface area (Å²) in [7, 11) is 1.78. The highest BCUT2D eigenvalue weighted by molar-refractivity contribution is 5.93. The summed E-state index contributed by atoms with van der Waals surface area (Å²) >= 11 is 0. The first-order valence-corrected chi connectivity index (χ1v) is 9.32. The van der Waals surface area contributed by atoms with Gasteiger partial charge in [-0.15, -0.1) is 0 Å². The summed E-state index contributed by atoms with van der Waals surface area (Å²) in [5.41, 5.74) is 2.99. The second kappa shape index (κ2) is 7.91. The van der Waals surface area contributed by atoms with Crippen LogP contribution < -0.4 is 10.2 Å². The number of nitrogens with one attached hydrogen (secondary N) is 1. The average Bonchev–Trinajstić information content (AvgIpc) is 3.37. The molecule has 0 bridgehead atoms. The lowest BCUT2D eigenvalue weighted by atomic mass is 10.1. The molecule has 10 heteroatoms. The van der Waals surface area contributed by atoms with E-state index in [4.69, 9.17) is 5.11 Å². The van der Waals surface area contributed by atoms with Crippen LogP contribution in [0.25, 0.3) is 11.4 Å². The molecule has 1 amide bonds. The Morgan fingerprint density at radius 3 is 2.67 bits per heavy atom. The third-order valence-corrected chi connectivity index (χ3v) is 4.81. The fourth-order valence-electron chi connectivity index (χ4n) is 3.33. The molecule has 1 aromatic carbocycles. The SMILES string of the molecule is Cn1cc(-c2nc(C(=O)NCCO)cc(N3Cc4ccc(C(=O)O)cc4C3)n2)cn1. The van der Waals surface area contributed by atoms with E-state index in [0.29, 0.717) is 30.3 Å². The van der Waals surface area contributed by atoms with Gasteiger partial charge in [-0.25, -0.2) is 14.8 Å². The van der Waals surface area contributed by atoms with E-state index in [2.05, 4.69) is 20.4 Å². The number of carboxylic acid groups (broad SMARTS) is 1. The van der Waals surface area contributed by atoms with Crippen LogP contribution in [0.5, 0.6) is 0 Å². The van der Waals surface area contributed by atoms with Gasteiger partial charge in [0.2, 0.25) is 0 Å². The highest BCUT2D eigenvalue weighted by Crippen LogP contribution is 2.29. The molecule has 0 aliphatic carbocycles. The second-order valence-corrected chi connectivity index (χ2v) is 6.96. The summed E-state index contributed by atoms with van der Waals surface area (Å²) in [6.07, 6.45) is 3.37. The van der Waals surface area contributed by atoms with Crippen LogP contribution in [-0.2, 0) is 20.1 Å². The van der Waals surface area contributed by atoms with E-state index in [1.165, 1.54) is 0 Å². The number of amides is 1. The number of fused-ring (bicyclic) bond motifs is 1. The monoisotopic (exact) mass is 408 g/mol. The van der Waals surface area contributed by atoms with Gasteiger partial charge in [-0.2, -0.15) is 5.10 Å². The topological polar surface area (TPSA) is 133 Å². The van der Waals surface area contributed by atoms with E-state index in [-0.39, 0.29) is 24.4 Å². The number of aromatic carboxylic acids is 1. The van der Waals surface area contributed by atoms with Gasteiger partial charge < -0.3 is 20.4 Å². The van der Waals surface area contributed by atoms with Crippen molar-refractivity contribution in [1.82, 2.24) is 25.1 Å². The number of carbonyl (C=O) groups is 2. The van der Waals surface area contributed by atoms with Gasteiger partial charge in [0.15, 0.2) is 5.82 Å². The Bertz CT molecular complexity index is 1130. The molecule has 3 aromatic rings. The summed E-state index contributed by atoms with van der Waals surface area (Å²) in [6, 6.07) is 6.64. The lowest BCUT2D eigenvalue weighted by Crippen LogP contribution is -2.28. The number of aryl methyl sites for hydroxylation is 1. The zero-order valence-corrected chi connectivity index (χ0v) is 16.2. The van der Waals surface area contributed by atoms with Crippen LogP contribution >= 0.6 is 0 Å². The van der Waals surface area contributed by atoms with E-state index >= 15 is 0 Å². The Hall–Kier alpha value is -3.79. The maximum absolute atomic E-state index is 12.5. The highest BCUT2D eigenvalue weighted by Gasteiger charge is 2.24. The number of aliphatic hydroxyl groups excluding tert-OH is 1. The van der Waals surface area contributed by atoms with E-state index < -0.39 is 11.9 Å². The maximum atomic E-state index is 12.5. The van der Waals surface area contributed by atoms with Crippen molar-refractivity contribution in [3.63, 3.8) is 0 Å². The summed E-state index contributed by atoms with van der Waals surface area (Å²) in [5, 5.41) is 24.9. The van der Waals surface area contributed by atoms with Crippen molar-refractivity contribution in [3.8, 4) is 11.4 Å². The molecule has 3 heterocycles. The van der Waals surface area contributed by atoms with Gasteiger partial charge in [0.1, 0.15) is 11.5 Å². The van der Waals surface area contributed by atoms with Gasteiger partial charge >= 0.3 is 5.97 Å². The van der Waals surface area contributed by atoms with Crippen molar-refractivity contribution >= 4 is 17.7 Å². The minimum Gasteiger partial charge on any atom is -0.478 e. The number of rotatable bonds is 6. The van der Waals surface area contributed by atoms with Crippen LogP contribution in [0.1, 0.15) is 32.0 Å². The van der Waals surface area contributed by atoms with Gasteiger partial charge in [-0.3, -0.25) is 9.48 Å². The van der Waals surface area contributed by atoms with Crippen LogP contribution in [0.3, 0.4) is 0 Å². The first-order valence-electron chi connectivity index (χ1n) is 9.32. The van der Waals surface area contributed by atoms with E-state index in [1.54, 1.807) is 48.4 Å². The third kappa shape index (κ3) is 3.85. The van der Waals surface area contributed by atoms with Crippen molar-refractivity contribution in [2.75, 3.05) is 18.1 Å². The number of hydrogen-bond donors (Lipinski definition) is 3. The van der Waals surface area contributed by atoms with Crippen LogP contribution in [0.15, 0.2) is 36.7 Å². The van der Waals surface area contributed by atoms with Crippen molar-refractivity contribution in [2.45, 2.75) is 13.1 Å². The fraction of sp³-hybridized carbons (Fsp3) is 0.250. The normalized spacial score (nSPS) is 12.7. The Morgan fingerprint density at radius 1 is 1.17 bits per heavy atom. The van der Waals surface area contributed by atoms with Gasteiger partial charge in [-0.05, 0) is 23.3 Å². The van der Waals surface area contributed by atoms with Crippen molar-refractivity contribution in [1.29, 1.82) is 0 Å². The Kier molecular flexibility index (Phi) is 5.15. The Morgan fingerprint density at radius 2 is 1.97 bits per heavy atom. The smallest absolute Gasteiger partial charge is 0.335 e. The molecule has 30 heavy (non-hydrogen) atoms. The number of aromatic nitrogens is 4. The van der Waals surface area contributed by atoms with Crippen LogP contribution in [-0.4, -0.2) is 55.0 Å². The number of nitrogens with zero attached hydrogens (tertiary/aromatic N) is 5. The predicted molar refractivity (Wildman–Crippen MR) is 107 cm³/mol. The minimum absolute atomic E-state index is 0.119. The van der Waals surface area contributed by atoms with Crippen LogP contribution in [0.2, 0.25) is 0 Å². The van der Waals surface area contributed by atoms with Gasteiger partial charge in [0.05, 0.1) is 23.9 Å². The lowest BCUT2D eigenvalue weighted by molar-refractivity contribution is 0.0696. The molecule has 0 atom stereocenters. The van der Waals surface area contributed by atoms with E-state index in [9.17, 15) is 14.7 Å². The number of anilines is 1. The molecule has 2 aromatic heterocycles. The molecule has 0 unspecified atom stereocenters. The highest BCUT2D eigenvalue weighted by atomic mass is 16.4. The quantitative estimate of drug-likeness (QED) is 0.546. The van der Waals surface area contributed by atoms with Crippen LogP contribution in [0, 0.1) is 0 Å².